The Balaban J connectivity index is 2.46. The molecule has 0 bridgehead atoms. The van der Waals surface area contributed by atoms with E-state index in [0.717, 1.165) is 0 Å². The van der Waals surface area contributed by atoms with Gasteiger partial charge < -0.3 is 14.6 Å². The van der Waals surface area contributed by atoms with Gasteiger partial charge in [-0.3, -0.25) is 4.98 Å². The summed E-state index contributed by atoms with van der Waals surface area (Å²) < 4.78 is 10.4. The van der Waals surface area contributed by atoms with Gasteiger partial charge in [0.05, 0.1) is 19.2 Å². The number of nitrogens with zero attached hydrogens (tertiary/aromatic N) is 1. The Bertz CT molecular complexity index is 560. The number of aliphatic hydroxyl groups excluding tert-OH is 1. The van der Waals surface area contributed by atoms with E-state index >= 15 is 0 Å². The fourth-order valence-electron chi connectivity index (χ4n) is 1.83. The highest BCUT2D eigenvalue weighted by molar-refractivity contribution is 6.33. The lowest BCUT2D eigenvalue weighted by atomic mass is 10.0. The van der Waals surface area contributed by atoms with Crippen LogP contribution in [0.25, 0.3) is 0 Å². The van der Waals surface area contributed by atoms with E-state index in [1.54, 1.807) is 36.7 Å². The number of methoxy groups -OCH3 is 2. The Morgan fingerprint density at radius 2 is 2.00 bits per heavy atom. The van der Waals surface area contributed by atoms with E-state index in [1.807, 2.05) is 0 Å². The van der Waals surface area contributed by atoms with Gasteiger partial charge in [0.15, 0.2) is 11.5 Å². The third kappa shape index (κ3) is 2.64. The molecule has 100 valence electrons. The molecule has 2 aromatic rings. The van der Waals surface area contributed by atoms with Crippen LogP contribution in [0.1, 0.15) is 17.2 Å². The average molecular weight is 280 g/mol. The Kier molecular flexibility index (Phi) is 4.24. The summed E-state index contributed by atoms with van der Waals surface area (Å²) in [5, 5.41) is 10.7. The summed E-state index contributed by atoms with van der Waals surface area (Å²) in [4.78, 5) is 3.98. The second kappa shape index (κ2) is 5.91. The van der Waals surface area contributed by atoms with Crippen LogP contribution in [0.3, 0.4) is 0 Å². The van der Waals surface area contributed by atoms with Crippen LogP contribution in [0.4, 0.5) is 0 Å². The molecule has 1 atom stereocenters. The highest BCUT2D eigenvalue weighted by atomic mass is 35.5. The van der Waals surface area contributed by atoms with E-state index in [-0.39, 0.29) is 0 Å². The topological polar surface area (TPSA) is 51.6 Å². The highest BCUT2D eigenvalue weighted by Crippen LogP contribution is 2.40. The molecule has 1 heterocycles. The molecule has 0 saturated carbocycles. The second-order valence-corrected chi connectivity index (χ2v) is 4.27. The summed E-state index contributed by atoms with van der Waals surface area (Å²) in [6.45, 7) is 0. The molecule has 1 aromatic heterocycles. The van der Waals surface area contributed by atoms with Crippen molar-refractivity contribution >= 4 is 11.6 Å². The number of hydrogen-bond acceptors (Lipinski definition) is 4. The van der Waals surface area contributed by atoms with Crippen LogP contribution in [0.2, 0.25) is 5.02 Å². The quantitative estimate of drug-likeness (QED) is 0.935. The van der Waals surface area contributed by atoms with Gasteiger partial charge in [-0.25, -0.2) is 0 Å². The van der Waals surface area contributed by atoms with Gasteiger partial charge >= 0.3 is 0 Å². The zero-order chi connectivity index (χ0) is 13.8. The number of aromatic nitrogens is 1. The zero-order valence-electron chi connectivity index (χ0n) is 10.6. The summed E-state index contributed by atoms with van der Waals surface area (Å²) in [5.41, 5.74) is 1.21. The van der Waals surface area contributed by atoms with Crippen LogP contribution in [-0.2, 0) is 0 Å². The van der Waals surface area contributed by atoms with E-state index in [9.17, 15) is 5.11 Å². The van der Waals surface area contributed by atoms with Crippen molar-refractivity contribution in [3.8, 4) is 11.5 Å². The summed E-state index contributed by atoms with van der Waals surface area (Å²) in [6, 6.07) is 6.96. The van der Waals surface area contributed by atoms with Gasteiger partial charge in [-0.1, -0.05) is 23.7 Å². The monoisotopic (exact) mass is 279 g/mol. The van der Waals surface area contributed by atoms with E-state index in [0.29, 0.717) is 27.6 Å². The molecule has 0 aliphatic carbocycles. The number of halogens is 1. The molecule has 1 unspecified atom stereocenters. The third-order valence-corrected chi connectivity index (χ3v) is 3.20. The van der Waals surface area contributed by atoms with E-state index in [2.05, 4.69) is 4.98 Å². The maximum Gasteiger partial charge on any atom is 0.179 e. The Labute approximate surface area is 116 Å². The first-order valence-corrected chi connectivity index (χ1v) is 6.05. The van der Waals surface area contributed by atoms with Crippen molar-refractivity contribution in [1.82, 2.24) is 4.98 Å². The predicted molar refractivity (Wildman–Crippen MR) is 72.9 cm³/mol. The molecule has 4 nitrogen and oxygen atoms in total. The van der Waals surface area contributed by atoms with Gasteiger partial charge in [0, 0.05) is 23.5 Å². The fourth-order valence-corrected chi connectivity index (χ4v) is 2.17. The molecule has 19 heavy (non-hydrogen) atoms. The first kappa shape index (κ1) is 13.6. The minimum absolute atomic E-state index is 0.332. The van der Waals surface area contributed by atoms with Crippen molar-refractivity contribution in [3.63, 3.8) is 0 Å². The number of rotatable bonds is 4. The molecular formula is C14H14ClNO3. The minimum atomic E-state index is -0.860. The SMILES string of the molecule is COc1ccc(C(O)c2cccnc2)c(Cl)c1OC. The van der Waals surface area contributed by atoms with Crippen LogP contribution in [-0.4, -0.2) is 24.3 Å². The van der Waals surface area contributed by atoms with Gasteiger partial charge in [-0.05, 0) is 12.1 Å². The Morgan fingerprint density at radius 3 is 2.58 bits per heavy atom. The lowest BCUT2D eigenvalue weighted by Gasteiger charge is -2.16. The van der Waals surface area contributed by atoms with Gasteiger partial charge in [-0.15, -0.1) is 0 Å². The smallest absolute Gasteiger partial charge is 0.179 e. The maximum absolute atomic E-state index is 10.3. The van der Waals surface area contributed by atoms with Crippen molar-refractivity contribution in [3.05, 3.63) is 52.8 Å². The number of aliphatic hydroxyl groups is 1. The Morgan fingerprint density at radius 1 is 1.21 bits per heavy atom. The van der Waals surface area contributed by atoms with Crippen LogP contribution >= 0.6 is 11.6 Å². The zero-order valence-corrected chi connectivity index (χ0v) is 11.4. The third-order valence-electron chi connectivity index (χ3n) is 2.81. The highest BCUT2D eigenvalue weighted by Gasteiger charge is 2.19. The van der Waals surface area contributed by atoms with Crippen molar-refractivity contribution in [2.24, 2.45) is 0 Å². The lowest BCUT2D eigenvalue weighted by Crippen LogP contribution is -2.03. The van der Waals surface area contributed by atoms with Gasteiger partial charge in [0.1, 0.15) is 6.10 Å². The van der Waals surface area contributed by atoms with Crippen LogP contribution in [0.15, 0.2) is 36.7 Å². The number of pyridine rings is 1. The molecule has 2 rings (SSSR count). The number of hydrogen-bond donors (Lipinski definition) is 1. The molecule has 1 N–H and O–H groups in total. The predicted octanol–water partition coefficient (Wildman–Crippen LogP) is 2.83. The van der Waals surface area contributed by atoms with E-state index in [4.69, 9.17) is 21.1 Å². The lowest BCUT2D eigenvalue weighted by molar-refractivity contribution is 0.219. The molecular weight excluding hydrogens is 266 g/mol. The van der Waals surface area contributed by atoms with E-state index < -0.39 is 6.10 Å². The minimum Gasteiger partial charge on any atom is -0.493 e. The first-order chi connectivity index (χ1) is 9.19. The molecule has 0 fully saturated rings. The molecule has 0 aliphatic heterocycles. The van der Waals surface area contributed by atoms with Crippen LogP contribution in [0, 0.1) is 0 Å². The summed E-state index contributed by atoms with van der Waals surface area (Å²) in [6.07, 6.45) is 2.38. The fraction of sp³-hybridized carbons (Fsp3) is 0.214. The van der Waals surface area contributed by atoms with Crippen LogP contribution < -0.4 is 9.47 Å². The molecule has 0 aliphatic rings. The summed E-state index contributed by atoms with van der Waals surface area (Å²) in [5.74, 6) is 0.930. The van der Waals surface area contributed by atoms with Crippen LogP contribution in [0.5, 0.6) is 11.5 Å². The standard InChI is InChI=1S/C14H14ClNO3/c1-18-11-6-5-10(12(15)14(11)19-2)13(17)9-4-3-7-16-8-9/h3-8,13,17H,1-2H3. The Hall–Kier alpha value is -1.78. The number of benzene rings is 1. The van der Waals surface area contributed by atoms with Crippen molar-refractivity contribution < 1.29 is 14.6 Å². The summed E-state index contributed by atoms with van der Waals surface area (Å²) >= 11 is 6.25. The molecule has 1 aromatic carbocycles. The molecule has 5 heteroatoms. The summed E-state index contributed by atoms with van der Waals surface area (Å²) in [7, 11) is 3.04. The maximum atomic E-state index is 10.3. The van der Waals surface area contributed by atoms with Crippen molar-refractivity contribution in [1.29, 1.82) is 0 Å². The van der Waals surface area contributed by atoms with E-state index in [1.165, 1.54) is 14.2 Å². The molecule has 0 radical (unpaired) electrons. The van der Waals surface area contributed by atoms with Gasteiger partial charge in [-0.2, -0.15) is 0 Å². The second-order valence-electron chi connectivity index (χ2n) is 3.89. The number of ether oxygens (including phenoxy) is 2. The largest absolute Gasteiger partial charge is 0.493 e. The molecule has 0 amide bonds. The van der Waals surface area contributed by atoms with Crippen molar-refractivity contribution in [2.75, 3.05) is 14.2 Å². The molecule has 0 spiro atoms. The molecule has 0 saturated heterocycles. The van der Waals surface area contributed by atoms with Crippen molar-refractivity contribution in [2.45, 2.75) is 6.10 Å². The van der Waals surface area contributed by atoms with Gasteiger partial charge in [0.25, 0.3) is 0 Å². The normalized spacial score (nSPS) is 12.0. The van der Waals surface area contributed by atoms with Gasteiger partial charge in [0.2, 0.25) is 0 Å². The first-order valence-electron chi connectivity index (χ1n) is 5.67. The average Bonchev–Trinajstić information content (AvgIpc) is 2.47.